The van der Waals surface area contributed by atoms with E-state index in [1.54, 1.807) is 18.5 Å². The number of aliphatic hydroxyl groups is 1. The average molecular weight is 319 g/mol. The molecule has 0 saturated carbocycles. The van der Waals surface area contributed by atoms with Crippen molar-refractivity contribution in [3.8, 4) is 0 Å². The van der Waals surface area contributed by atoms with Crippen LogP contribution in [-0.2, 0) is 17.7 Å². The van der Waals surface area contributed by atoms with Crippen LogP contribution in [-0.4, -0.2) is 51.9 Å². The Bertz CT molecular complexity index is 644. The van der Waals surface area contributed by atoms with Gasteiger partial charge in [0.1, 0.15) is 11.4 Å². The van der Waals surface area contributed by atoms with E-state index in [0.29, 0.717) is 19.6 Å². The number of aliphatic hydroxyl groups excluding tert-OH is 1. The van der Waals surface area contributed by atoms with E-state index in [4.69, 9.17) is 4.74 Å². The summed E-state index contributed by atoms with van der Waals surface area (Å²) in [6, 6.07) is 6.36. The number of nitrogens with one attached hydrogen (secondary N) is 1. The molecule has 3 rings (SSSR count). The highest BCUT2D eigenvalue weighted by molar-refractivity contribution is 5.19. The highest BCUT2D eigenvalue weighted by Gasteiger charge is 2.36. The van der Waals surface area contributed by atoms with E-state index in [2.05, 4.69) is 14.9 Å². The van der Waals surface area contributed by atoms with E-state index in [-0.39, 0.29) is 12.4 Å². The van der Waals surface area contributed by atoms with Crippen molar-refractivity contribution in [1.82, 2.24) is 14.9 Å². The second-order valence-corrected chi connectivity index (χ2v) is 6.18. The van der Waals surface area contributed by atoms with Gasteiger partial charge in [0.15, 0.2) is 0 Å². The number of morpholine rings is 1. The van der Waals surface area contributed by atoms with Crippen molar-refractivity contribution in [3.05, 3.63) is 53.4 Å². The number of rotatable bonds is 5. The Balaban J connectivity index is 1.70. The van der Waals surface area contributed by atoms with Crippen molar-refractivity contribution in [3.63, 3.8) is 0 Å². The summed E-state index contributed by atoms with van der Waals surface area (Å²) in [4.78, 5) is 9.66. The van der Waals surface area contributed by atoms with Crippen LogP contribution in [0.15, 0.2) is 30.6 Å². The number of benzene rings is 1. The van der Waals surface area contributed by atoms with Crippen LogP contribution in [0.2, 0.25) is 0 Å². The van der Waals surface area contributed by atoms with E-state index in [9.17, 15) is 9.50 Å². The average Bonchev–Trinajstić information content (AvgIpc) is 2.95. The van der Waals surface area contributed by atoms with Crippen LogP contribution in [0.1, 0.15) is 17.0 Å². The Kier molecular flexibility index (Phi) is 4.75. The van der Waals surface area contributed by atoms with Crippen molar-refractivity contribution in [2.24, 2.45) is 0 Å². The van der Waals surface area contributed by atoms with E-state index in [1.807, 2.05) is 6.92 Å². The predicted molar refractivity (Wildman–Crippen MR) is 84.5 cm³/mol. The molecule has 0 aliphatic carbocycles. The molecule has 1 unspecified atom stereocenters. The molecular weight excluding hydrogens is 297 g/mol. The lowest BCUT2D eigenvalue weighted by atomic mass is 9.93. The van der Waals surface area contributed by atoms with Gasteiger partial charge >= 0.3 is 0 Å². The van der Waals surface area contributed by atoms with Gasteiger partial charge in [0.05, 0.1) is 25.2 Å². The lowest BCUT2D eigenvalue weighted by Crippen LogP contribution is -2.55. The first-order valence-corrected chi connectivity index (χ1v) is 7.81. The third-order valence-electron chi connectivity index (χ3n) is 4.36. The molecule has 2 heterocycles. The van der Waals surface area contributed by atoms with Crippen molar-refractivity contribution in [1.29, 1.82) is 0 Å². The summed E-state index contributed by atoms with van der Waals surface area (Å²) in [6.07, 6.45) is 2.25. The maximum atomic E-state index is 13.1. The summed E-state index contributed by atoms with van der Waals surface area (Å²) < 4.78 is 19.0. The lowest BCUT2D eigenvalue weighted by Gasteiger charge is -2.41. The summed E-state index contributed by atoms with van der Waals surface area (Å²) in [6.45, 7) is 4.64. The highest BCUT2D eigenvalue weighted by Crippen LogP contribution is 2.24. The zero-order valence-corrected chi connectivity index (χ0v) is 13.3. The minimum absolute atomic E-state index is 0.0690. The standard InChI is InChI=1S/C17H22FN3O2/c1-13-16(20-12-19-13)9-21-6-7-23-17(10-21,11-22)8-14-2-4-15(18)5-3-14/h2-5,12,22H,6-11H2,1H3,(H,19,20). The molecule has 0 spiro atoms. The number of aromatic nitrogens is 2. The quantitative estimate of drug-likeness (QED) is 0.880. The van der Waals surface area contributed by atoms with Crippen LogP contribution < -0.4 is 0 Å². The second kappa shape index (κ2) is 6.78. The summed E-state index contributed by atoms with van der Waals surface area (Å²) >= 11 is 0. The largest absolute Gasteiger partial charge is 0.393 e. The molecule has 1 saturated heterocycles. The summed E-state index contributed by atoms with van der Waals surface area (Å²) in [5, 5.41) is 9.91. The van der Waals surface area contributed by atoms with Crippen molar-refractivity contribution in [2.75, 3.05) is 26.3 Å². The van der Waals surface area contributed by atoms with E-state index >= 15 is 0 Å². The molecule has 1 aliphatic rings. The van der Waals surface area contributed by atoms with Gasteiger partial charge in [0, 0.05) is 31.7 Å². The molecule has 2 aromatic rings. The molecule has 0 bridgehead atoms. The molecule has 1 atom stereocenters. The van der Waals surface area contributed by atoms with Gasteiger partial charge in [-0.15, -0.1) is 0 Å². The number of hydrogen-bond donors (Lipinski definition) is 2. The van der Waals surface area contributed by atoms with Gasteiger partial charge in [0.25, 0.3) is 0 Å². The minimum atomic E-state index is -0.652. The first-order chi connectivity index (χ1) is 11.1. The molecule has 0 radical (unpaired) electrons. The number of nitrogens with zero attached hydrogens (tertiary/aromatic N) is 2. The SMILES string of the molecule is Cc1[nH]cnc1CN1CCOC(CO)(Cc2ccc(F)cc2)C1. The number of halogens is 1. The van der Waals surface area contributed by atoms with Crippen LogP contribution in [0, 0.1) is 12.7 Å². The minimum Gasteiger partial charge on any atom is -0.393 e. The first-order valence-electron chi connectivity index (χ1n) is 7.81. The third kappa shape index (κ3) is 3.77. The maximum absolute atomic E-state index is 13.1. The van der Waals surface area contributed by atoms with Gasteiger partial charge in [0.2, 0.25) is 0 Å². The molecule has 6 heteroatoms. The number of aromatic amines is 1. The third-order valence-corrected chi connectivity index (χ3v) is 4.36. The second-order valence-electron chi connectivity index (χ2n) is 6.18. The van der Waals surface area contributed by atoms with Gasteiger partial charge < -0.3 is 14.8 Å². The molecular formula is C17H22FN3O2. The molecule has 2 N–H and O–H groups in total. The van der Waals surface area contributed by atoms with Crippen LogP contribution in [0.25, 0.3) is 0 Å². The molecule has 23 heavy (non-hydrogen) atoms. The molecule has 0 amide bonds. The Labute approximate surface area is 135 Å². The molecule has 1 aromatic heterocycles. The number of ether oxygens (including phenoxy) is 1. The normalized spacial score (nSPS) is 22.4. The smallest absolute Gasteiger partial charge is 0.123 e. The fourth-order valence-corrected chi connectivity index (χ4v) is 3.05. The maximum Gasteiger partial charge on any atom is 0.123 e. The highest BCUT2D eigenvalue weighted by atomic mass is 19.1. The fourth-order valence-electron chi connectivity index (χ4n) is 3.05. The van der Waals surface area contributed by atoms with Crippen LogP contribution in [0.4, 0.5) is 4.39 Å². The fraction of sp³-hybridized carbons (Fsp3) is 0.471. The first kappa shape index (κ1) is 16.1. The van der Waals surface area contributed by atoms with E-state index in [0.717, 1.165) is 30.0 Å². The van der Waals surface area contributed by atoms with E-state index in [1.165, 1.54) is 12.1 Å². The number of H-pyrrole nitrogens is 1. The van der Waals surface area contributed by atoms with Crippen LogP contribution in [0.3, 0.4) is 0 Å². The number of aryl methyl sites for hydroxylation is 1. The Morgan fingerprint density at radius 2 is 2.17 bits per heavy atom. The zero-order valence-electron chi connectivity index (χ0n) is 13.3. The zero-order chi connectivity index (χ0) is 16.3. The number of hydrogen-bond acceptors (Lipinski definition) is 4. The Hall–Kier alpha value is -1.76. The topological polar surface area (TPSA) is 61.4 Å². The van der Waals surface area contributed by atoms with Crippen LogP contribution >= 0.6 is 0 Å². The Morgan fingerprint density at radius 1 is 1.39 bits per heavy atom. The molecule has 5 nitrogen and oxygen atoms in total. The van der Waals surface area contributed by atoms with Crippen molar-refractivity contribution in [2.45, 2.75) is 25.5 Å². The van der Waals surface area contributed by atoms with Gasteiger partial charge in [-0.3, -0.25) is 4.90 Å². The summed E-state index contributed by atoms with van der Waals surface area (Å²) in [7, 11) is 0. The molecule has 124 valence electrons. The molecule has 1 fully saturated rings. The van der Waals surface area contributed by atoms with E-state index < -0.39 is 5.60 Å². The summed E-state index contributed by atoms with van der Waals surface area (Å²) in [5.41, 5.74) is 2.38. The monoisotopic (exact) mass is 319 g/mol. The van der Waals surface area contributed by atoms with Crippen LogP contribution in [0.5, 0.6) is 0 Å². The van der Waals surface area contributed by atoms with Gasteiger partial charge in [-0.2, -0.15) is 0 Å². The molecule has 1 aromatic carbocycles. The lowest BCUT2D eigenvalue weighted by molar-refractivity contribution is -0.134. The van der Waals surface area contributed by atoms with Gasteiger partial charge in [-0.05, 0) is 24.6 Å². The van der Waals surface area contributed by atoms with Crippen molar-refractivity contribution < 1.29 is 14.2 Å². The van der Waals surface area contributed by atoms with Gasteiger partial charge in [-0.1, -0.05) is 12.1 Å². The Morgan fingerprint density at radius 3 is 2.83 bits per heavy atom. The predicted octanol–water partition coefficient (Wildman–Crippen LogP) is 1.66. The van der Waals surface area contributed by atoms with Gasteiger partial charge in [-0.25, -0.2) is 9.37 Å². The molecule has 1 aliphatic heterocycles. The number of imidazole rings is 1. The van der Waals surface area contributed by atoms with Crippen molar-refractivity contribution >= 4 is 0 Å². The summed E-state index contributed by atoms with van der Waals surface area (Å²) in [5.74, 6) is -0.257.